The Balaban J connectivity index is 0.000000277. The molecular weight excluding hydrogens is 336 g/mol. The van der Waals surface area contributed by atoms with Gasteiger partial charge in [0, 0.05) is 6.08 Å². The van der Waals surface area contributed by atoms with E-state index in [-0.39, 0.29) is 12.6 Å². The molecule has 144 valence electrons. The number of carbonyl (C=O) groups is 1. The number of ether oxygens (including phenoxy) is 1. The van der Waals surface area contributed by atoms with Gasteiger partial charge in [0.15, 0.2) is 0 Å². The van der Waals surface area contributed by atoms with Gasteiger partial charge < -0.3 is 9.84 Å². The van der Waals surface area contributed by atoms with Crippen LogP contribution in [-0.2, 0) is 22.4 Å². The van der Waals surface area contributed by atoms with Crippen molar-refractivity contribution in [3.8, 4) is 0 Å². The van der Waals surface area contributed by atoms with Crippen molar-refractivity contribution >= 4 is 5.97 Å². The van der Waals surface area contributed by atoms with Crippen LogP contribution in [0.4, 0.5) is 0 Å². The number of benzene rings is 2. The van der Waals surface area contributed by atoms with E-state index in [1.165, 1.54) is 16.7 Å². The van der Waals surface area contributed by atoms with Crippen LogP contribution in [0.5, 0.6) is 0 Å². The molecule has 0 aliphatic carbocycles. The van der Waals surface area contributed by atoms with Crippen molar-refractivity contribution in [1.82, 2.24) is 0 Å². The second-order valence-corrected chi connectivity index (χ2v) is 6.30. The molecule has 2 aromatic rings. The number of aliphatic hydroxyl groups excluding tert-OH is 1. The molecule has 0 amide bonds. The molecule has 0 heterocycles. The quantitative estimate of drug-likeness (QED) is 0.430. The predicted octanol–water partition coefficient (Wildman–Crippen LogP) is 4.91. The maximum Gasteiger partial charge on any atom is 0.330 e. The van der Waals surface area contributed by atoms with Crippen LogP contribution in [0.15, 0.2) is 84.0 Å². The molecule has 0 saturated heterocycles. The third kappa shape index (κ3) is 10.8. The zero-order valence-corrected chi connectivity index (χ0v) is 16.5. The summed E-state index contributed by atoms with van der Waals surface area (Å²) in [6, 6.07) is 20.3. The molecule has 0 saturated carbocycles. The summed E-state index contributed by atoms with van der Waals surface area (Å²) in [4.78, 5) is 11.1. The highest BCUT2D eigenvalue weighted by Gasteiger charge is 1.99. The minimum atomic E-state index is -0.258. The first-order chi connectivity index (χ1) is 13.0. The highest BCUT2D eigenvalue weighted by atomic mass is 16.5. The Bertz CT molecular complexity index is 716. The fraction of sp³-hybridized carbons (Fsp3) is 0.292. The van der Waals surface area contributed by atoms with E-state index in [0.29, 0.717) is 6.61 Å². The van der Waals surface area contributed by atoms with Crippen molar-refractivity contribution in [2.45, 2.75) is 33.6 Å². The predicted molar refractivity (Wildman–Crippen MR) is 112 cm³/mol. The van der Waals surface area contributed by atoms with Gasteiger partial charge >= 0.3 is 5.97 Å². The summed E-state index contributed by atoms with van der Waals surface area (Å²) in [5.74, 6) is -0.258. The van der Waals surface area contributed by atoms with Crippen molar-refractivity contribution in [2.75, 3.05) is 13.2 Å². The highest BCUT2D eigenvalue weighted by molar-refractivity contribution is 5.82. The lowest BCUT2D eigenvalue weighted by molar-refractivity contribution is -0.137. The number of carbonyl (C=O) groups excluding carboxylic acids is 1. The Morgan fingerprint density at radius 1 is 0.889 bits per heavy atom. The minimum Gasteiger partial charge on any atom is -0.463 e. The number of aliphatic hydroxyl groups is 1. The van der Waals surface area contributed by atoms with Gasteiger partial charge in [0.25, 0.3) is 0 Å². The van der Waals surface area contributed by atoms with E-state index in [9.17, 15) is 4.79 Å². The van der Waals surface area contributed by atoms with Gasteiger partial charge in [0.1, 0.15) is 0 Å². The number of hydrogen-bond acceptors (Lipinski definition) is 3. The van der Waals surface area contributed by atoms with E-state index in [2.05, 4.69) is 12.1 Å². The molecule has 0 unspecified atom stereocenters. The van der Waals surface area contributed by atoms with Crippen LogP contribution in [0.25, 0.3) is 0 Å². The molecule has 3 heteroatoms. The Hall–Kier alpha value is -2.65. The van der Waals surface area contributed by atoms with Gasteiger partial charge in [-0.05, 0) is 44.7 Å². The van der Waals surface area contributed by atoms with Crippen LogP contribution in [-0.4, -0.2) is 24.3 Å². The summed E-state index contributed by atoms with van der Waals surface area (Å²) in [5, 5.41) is 8.64. The first-order valence-corrected chi connectivity index (χ1v) is 9.23. The second kappa shape index (κ2) is 13.5. The molecule has 0 aliphatic rings. The number of esters is 1. The summed E-state index contributed by atoms with van der Waals surface area (Å²) in [6.45, 7) is 6.33. The molecule has 0 aliphatic heterocycles. The van der Waals surface area contributed by atoms with Crippen molar-refractivity contribution in [3.63, 3.8) is 0 Å². The molecule has 3 nitrogen and oxygen atoms in total. The van der Waals surface area contributed by atoms with E-state index in [0.717, 1.165) is 18.4 Å². The van der Waals surface area contributed by atoms with Crippen molar-refractivity contribution in [1.29, 1.82) is 0 Å². The van der Waals surface area contributed by atoms with Gasteiger partial charge in [-0.1, -0.05) is 77.9 Å². The lowest BCUT2D eigenvalue weighted by Crippen LogP contribution is -2.01. The van der Waals surface area contributed by atoms with E-state index in [1.54, 1.807) is 13.0 Å². The summed E-state index contributed by atoms with van der Waals surface area (Å²) in [6.07, 6.45) is 5.12. The van der Waals surface area contributed by atoms with Gasteiger partial charge in [-0.15, -0.1) is 0 Å². The maximum atomic E-state index is 11.1. The molecule has 0 spiro atoms. The Morgan fingerprint density at radius 2 is 1.37 bits per heavy atom. The normalized spacial score (nSPS) is 11.4. The van der Waals surface area contributed by atoms with Crippen LogP contribution in [0.1, 0.15) is 31.9 Å². The Labute approximate surface area is 163 Å². The van der Waals surface area contributed by atoms with Gasteiger partial charge in [0.2, 0.25) is 0 Å². The fourth-order valence-electron chi connectivity index (χ4n) is 2.50. The van der Waals surface area contributed by atoms with Crippen molar-refractivity contribution in [3.05, 3.63) is 95.1 Å². The van der Waals surface area contributed by atoms with Crippen LogP contribution in [0.3, 0.4) is 0 Å². The first-order valence-electron chi connectivity index (χ1n) is 9.23. The zero-order chi connectivity index (χ0) is 19.9. The fourth-order valence-corrected chi connectivity index (χ4v) is 2.50. The van der Waals surface area contributed by atoms with Crippen LogP contribution >= 0.6 is 0 Å². The topological polar surface area (TPSA) is 46.5 Å². The smallest absolute Gasteiger partial charge is 0.330 e. The molecule has 2 aromatic carbocycles. The number of allylic oxidation sites excluding steroid dienone is 2. The van der Waals surface area contributed by atoms with Crippen LogP contribution < -0.4 is 0 Å². The van der Waals surface area contributed by atoms with Crippen molar-refractivity contribution in [2.24, 2.45) is 0 Å². The molecule has 1 N–H and O–H groups in total. The number of hydrogen-bond donors (Lipinski definition) is 1. The minimum absolute atomic E-state index is 0.138. The number of rotatable bonds is 7. The van der Waals surface area contributed by atoms with E-state index < -0.39 is 0 Å². The lowest BCUT2D eigenvalue weighted by atomic mass is 10.1. The average Bonchev–Trinajstić information content (AvgIpc) is 2.64. The largest absolute Gasteiger partial charge is 0.463 e. The Kier molecular flexibility index (Phi) is 11.2. The highest BCUT2D eigenvalue weighted by Crippen LogP contribution is 2.07. The SMILES string of the molecule is C/C(=C/CO)Cc1ccccc1.CCOC(=O)/C=C(/C)Cc1ccccc1. The van der Waals surface area contributed by atoms with E-state index in [1.807, 2.05) is 68.5 Å². The molecule has 0 aromatic heterocycles. The summed E-state index contributed by atoms with van der Waals surface area (Å²) >= 11 is 0. The van der Waals surface area contributed by atoms with Gasteiger partial charge in [-0.3, -0.25) is 0 Å². The third-order valence-electron chi connectivity index (χ3n) is 3.74. The van der Waals surface area contributed by atoms with Crippen LogP contribution in [0.2, 0.25) is 0 Å². The molecule has 0 radical (unpaired) electrons. The van der Waals surface area contributed by atoms with Crippen molar-refractivity contribution < 1.29 is 14.6 Å². The lowest BCUT2D eigenvalue weighted by Gasteiger charge is -2.01. The summed E-state index contributed by atoms with van der Waals surface area (Å²) in [5.41, 5.74) is 4.72. The monoisotopic (exact) mass is 366 g/mol. The summed E-state index contributed by atoms with van der Waals surface area (Å²) in [7, 11) is 0. The van der Waals surface area contributed by atoms with Gasteiger partial charge in [0.05, 0.1) is 13.2 Å². The molecule has 2 rings (SSSR count). The maximum absolute atomic E-state index is 11.1. The molecule has 0 fully saturated rings. The average molecular weight is 367 g/mol. The summed E-state index contributed by atoms with van der Waals surface area (Å²) < 4.78 is 4.83. The molecule has 27 heavy (non-hydrogen) atoms. The van der Waals surface area contributed by atoms with Crippen LogP contribution in [0, 0.1) is 0 Å². The Morgan fingerprint density at radius 3 is 1.81 bits per heavy atom. The molecular formula is C24H30O3. The van der Waals surface area contributed by atoms with Gasteiger partial charge in [-0.25, -0.2) is 4.79 Å². The second-order valence-electron chi connectivity index (χ2n) is 6.30. The van der Waals surface area contributed by atoms with E-state index in [4.69, 9.17) is 9.84 Å². The first kappa shape index (κ1) is 22.4. The molecule has 0 bridgehead atoms. The standard InChI is InChI=1S/C13H16O2.C11H14O/c1-3-15-13(14)10-11(2)9-12-7-5-4-6-8-12;1-10(7-8-12)9-11-5-3-2-4-6-11/h4-8,10H,3,9H2,1-2H3;2-7,12H,8-9H2,1H3/b11-10-;10-7-. The zero-order valence-electron chi connectivity index (χ0n) is 16.5. The van der Waals surface area contributed by atoms with E-state index >= 15 is 0 Å². The molecule has 0 atom stereocenters. The van der Waals surface area contributed by atoms with Gasteiger partial charge in [-0.2, -0.15) is 0 Å². The third-order valence-corrected chi connectivity index (χ3v) is 3.74.